The molecule has 4 rings (SSSR count). The molecule has 0 spiro atoms. The number of morpholine rings is 1. The lowest BCUT2D eigenvalue weighted by atomic mass is 9.93. The average molecular weight is 493 g/mol. The quantitative estimate of drug-likeness (QED) is 0.319. The Morgan fingerprint density at radius 2 is 1.69 bits per heavy atom. The number of ketones is 1. The molecule has 0 unspecified atom stereocenters. The fourth-order valence-corrected chi connectivity index (χ4v) is 4.68. The van der Waals surface area contributed by atoms with Crippen LogP contribution in [0.25, 0.3) is 5.76 Å². The van der Waals surface area contributed by atoms with E-state index in [0.717, 1.165) is 25.1 Å². The molecule has 2 fully saturated rings. The van der Waals surface area contributed by atoms with Crippen LogP contribution in [0.15, 0.2) is 54.1 Å². The van der Waals surface area contributed by atoms with Gasteiger partial charge in [-0.15, -0.1) is 0 Å². The number of nitrogens with zero attached hydrogens (tertiary/aromatic N) is 2. The van der Waals surface area contributed by atoms with Gasteiger partial charge >= 0.3 is 0 Å². The number of hydrogen-bond acceptors (Lipinski definition) is 6. The number of amides is 1. The number of hydrogen-bond donors (Lipinski definition) is 1. The fourth-order valence-electron chi connectivity index (χ4n) is 4.68. The number of carbonyl (C=O) groups excluding carboxylic acids is 2. The van der Waals surface area contributed by atoms with Gasteiger partial charge in [-0.3, -0.25) is 14.5 Å². The number of rotatable bonds is 9. The summed E-state index contributed by atoms with van der Waals surface area (Å²) in [7, 11) is 0. The second-order valence-electron chi connectivity index (χ2n) is 9.64. The van der Waals surface area contributed by atoms with E-state index in [-0.39, 0.29) is 11.3 Å². The van der Waals surface area contributed by atoms with Gasteiger partial charge in [-0.1, -0.05) is 45.0 Å². The van der Waals surface area contributed by atoms with E-state index in [4.69, 9.17) is 9.47 Å². The first kappa shape index (κ1) is 25.9. The summed E-state index contributed by atoms with van der Waals surface area (Å²) in [5, 5.41) is 11.3. The van der Waals surface area contributed by atoms with Crippen LogP contribution in [0.4, 0.5) is 0 Å². The molecule has 2 aromatic carbocycles. The van der Waals surface area contributed by atoms with Crippen molar-refractivity contribution in [1.29, 1.82) is 0 Å². The number of carbonyl (C=O) groups is 2. The van der Waals surface area contributed by atoms with Crippen LogP contribution >= 0.6 is 0 Å². The van der Waals surface area contributed by atoms with Crippen LogP contribution in [-0.4, -0.2) is 72.6 Å². The van der Waals surface area contributed by atoms with Gasteiger partial charge in [-0.2, -0.15) is 0 Å². The average Bonchev–Trinajstić information content (AvgIpc) is 3.16. The maximum atomic E-state index is 13.3. The van der Waals surface area contributed by atoms with Gasteiger partial charge in [0.1, 0.15) is 11.5 Å². The van der Waals surface area contributed by atoms with Crippen molar-refractivity contribution in [3.8, 4) is 5.75 Å². The summed E-state index contributed by atoms with van der Waals surface area (Å²) in [6, 6.07) is 14.3. The third kappa shape index (κ3) is 5.63. The first-order valence-corrected chi connectivity index (χ1v) is 12.8. The van der Waals surface area contributed by atoms with Crippen molar-refractivity contribution in [2.75, 3.05) is 46.0 Å². The molecule has 1 amide bonds. The van der Waals surface area contributed by atoms with Crippen LogP contribution in [0.3, 0.4) is 0 Å². The number of aliphatic hydroxyl groups excluding tert-OH is 1. The molecule has 1 N–H and O–H groups in total. The highest BCUT2D eigenvalue weighted by Crippen LogP contribution is 2.39. The van der Waals surface area contributed by atoms with E-state index in [9.17, 15) is 14.7 Å². The van der Waals surface area contributed by atoms with Crippen molar-refractivity contribution < 1.29 is 24.2 Å². The SMILES string of the molecule is CCCOc1ccc(C(O)=C2C(=O)C(=O)N(CCN3CCOCC3)[C@@H]2c2ccc(C(C)C)cc2)cc1. The van der Waals surface area contributed by atoms with E-state index < -0.39 is 17.7 Å². The second-order valence-corrected chi connectivity index (χ2v) is 9.64. The van der Waals surface area contributed by atoms with Crippen LogP contribution in [0.5, 0.6) is 5.75 Å². The summed E-state index contributed by atoms with van der Waals surface area (Å²) in [5.41, 5.74) is 2.59. The van der Waals surface area contributed by atoms with Crippen molar-refractivity contribution >= 4 is 17.4 Å². The van der Waals surface area contributed by atoms with E-state index in [2.05, 4.69) is 18.7 Å². The molecular weight excluding hydrogens is 456 g/mol. The highest BCUT2D eigenvalue weighted by molar-refractivity contribution is 6.46. The molecule has 0 aliphatic carbocycles. The Morgan fingerprint density at radius 3 is 2.31 bits per heavy atom. The first-order chi connectivity index (χ1) is 17.4. The van der Waals surface area contributed by atoms with E-state index in [1.807, 2.05) is 31.2 Å². The Bertz CT molecular complexity index is 1090. The third-order valence-electron chi connectivity index (χ3n) is 6.82. The molecule has 0 aromatic heterocycles. The fraction of sp³-hybridized carbons (Fsp3) is 0.448. The number of Topliss-reactive ketones (excluding diaryl/α,β-unsaturated/α-hetero) is 1. The van der Waals surface area contributed by atoms with Gasteiger partial charge in [0.2, 0.25) is 0 Å². The maximum absolute atomic E-state index is 13.3. The molecule has 2 heterocycles. The van der Waals surface area contributed by atoms with Gasteiger partial charge in [0, 0.05) is 31.7 Å². The third-order valence-corrected chi connectivity index (χ3v) is 6.82. The van der Waals surface area contributed by atoms with Crippen LogP contribution in [-0.2, 0) is 14.3 Å². The standard InChI is InChI=1S/C29H36N2O5/c1-4-17-36-24-11-9-23(10-12-24)27(32)25-26(22-7-5-21(6-8-22)20(2)3)31(29(34)28(25)33)14-13-30-15-18-35-19-16-30/h5-12,20,26,32H,4,13-19H2,1-3H3/t26-/m1/s1. The molecule has 0 radical (unpaired) electrons. The lowest BCUT2D eigenvalue weighted by Crippen LogP contribution is -2.42. The molecule has 2 saturated heterocycles. The minimum atomic E-state index is -0.654. The normalized spacial score (nSPS) is 20.3. The van der Waals surface area contributed by atoms with Crippen LogP contribution in [0.1, 0.15) is 55.8 Å². The van der Waals surface area contributed by atoms with Crippen molar-refractivity contribution in [2.24, 2.45) is 0 Å². The lowest BCUT2D eigenvalue weighted by Gasteiger charge is -2.31. The van der Waals surface area contributed by atoms with Gasteiger partial charge in [0.25, 0.3) is 11.7 Å². The number of benzene rings is 2. The minimum absolute atomic E-state index is 0.126. The summed E-state index contributed by atoms with van der Waals surface area (Å²) < 4.78 is 11.1. The Labute approximate surface area is 213 Å². The summed E-state index contributed by atoms with van der Waals surface area (Å²) in [6.45, 7) is 10.8. The summed E-state index contributed by atoms with van der Waals surface area (Å²) >= 11 is 0. The van der Waals surface area contributed by atoms with Crippen molar-refractivity contribution in [3.05, 3.63) is 70.8 Å². The highest BCUT2D eigenvalue weighted by atomic mass is 16.5. The van der Waals surface area contributed by atoms with Gasteiger partial charge in [-0.05, 0) is 47.7 Å². The Hall–Kier alpha value is -3.16. The molecule has 2 aliphatic heterocycles. The summed E-state index contributed by atoms with van der Waals surface area (Å²) in [6.07, 6.45) is 0.894. The topological polar surface area (TPSA) is 79.3 Å². The van der Waals surface area contributed by atoms with Gasteiger partial charge in [0.15, 0.2) is 0 Å². The van der Waals surface area contributed by atoms with Gasteiger partial charge in [0.05, 0.1) is 31.4 Å². The number of ether oxygens (including phenoxy) is 2. The monoisotopic (exact) mass is 492 g/mol. The van der Waals surface area contributed by atoms with Crippen molar-refractivity contribution in [3.63, 3.8) is 0 Å². The highest BCUT2D eigenvalue weighted by Gasteiger charge is 2.46. The van der Waals surface area contributed by atoms with Gasteiger partial charge < -0.3 is 19.5 Å². The predicted octanol–water partition coefficient (Wildman–Crippen LogP) is 4.35. The van der Waals surface area contributed by atoms with E-state index in [1.165, 1.54) is 5.56 Å². The van der Waals surface area contributed by atoms with Crippen LogP contribution < -0.4 is 4.74 Å². The number of likely N-dealkylation sites (tertiary alicyclic amines) is 1. The summed E-state index contributed by atoms with van der Waals surface area (Å²) in [5.74, 6) is -0.341. The molecule has 192 valence electrons. The van der Waals surface area contributed by atoms with E-state index >= 15 is 0 Å². The Kier molecular flexibility index (Phi) is 8.44. The van der Waals surface area contributed by atoms with Crippen molar-refractivity contribution in [2.45, 2.75) is 39.2 Å². The lowest BCUT2D eigenvalue weighted by molar-refractivity contribution is -0.140. The minimum Gasteiger partial charge on any atom is -0.507 e. The van der Waals surface area contributed by atoms with Gasteiger partial charge in [-0.25, -0.2) is 0 Å². The van der Waals surface area contributed by atoms with Crippen molar-refractivity contribution in [1.82, 2.24) is 9.80 Å². The van der Waals surface area contributed by atoms with E-state index in [0.29, 0.717) is 50.1 Å². The molecule has 0 bridgehead atoms. The molecule has 7 nitrogen and oxygen atoms in total. The zero-order chi connectivity index (χ0) is 25.7. The molecule has 0 saturated carbocycles. The first-order valence-electron chi connectivity index (χ1n) is 12.8. The molecule has 36 heavy (non-hydrogen) atoms. The Morgan fingerprint density at radius 1 is 1.03 bits per heavy atom. The molecule has 1 atom stereocenters. The largest absolute Gasteiger partial charge is 0.507 e. The predicted molar refractivity (Wildman–Crippen MR) is 139 cm³/mol. The molecule has 2 aliphatic rings. The van der Waals surface area contributed by atoms with E-state index in [1.54, 1.807) is 29.2 Å². The number of aliphatic hydroxyl groups is 1. The van der Waals surface area contributed by atoms with Crippen LogP contribution in [0, 0.1) is 0 Å². The summed E-state index contributed by atoms with van der Waals surface area (Å²) in [4.78, 5) is 30.3. The van der Waals surface area contributed by atoms with Crippen LogP contribution in [0.2, 0.25) is 0 Å². The maximum Gasteiger partial charge on any atom is 0.295 e. The smallest absolute Gasteiger partial charge is 0.295 e. The molecule has 2 aromatic rings. The zero-order valence-electron chi connectivity index (χ0n) is 21.4. The zero-order valence-corrected chi connectivity index (χ0v) is 21.4. The Balaban J connectivity index is 1.69. The molecule has 7 heteroatoms. The second kappa shape index (κ2) is 11.7. The molecular formula is C29H36N2O5.